The number of fused-ring (bicyclic) bond motifs is 1. The Hall–Kier alpha value is -2.61. The van der Waals surface area contributed by atoms with Gasteiger partial charge in [0.2, 0.25) is 0 Å². The maximum Gasteiger partial charge on any atom is 0.433 e. The molecule has 0 radical (unpaired) electrons. The molecule has 0 saturated carbocycles. The van der Waals surface area contributed by atoms with Crippen LogP contribution in [0.2, 0.25) is 0 Å². The van der Waals surface area contributed by atoms with Gasteiger partial charge in [-0.05, 0) is 29.6 Å². The second kappa shape index (κ2) is 4.95. The highest BCUT2D eigenvalue weighted by Crippen LogP contribution is 2.34. The highest BCUT2D eigenvalue weighted by Gasteiger charge is 2.35. The van der Waals surface area contributed by atoms with Gasteiger partial charge in [0.1, 0.15) is 5.69 Å². The van der Waals surface area contributed by atoms with Crippen molar-refractivity contribution in [2.75, 3.05) is 0 Å². The van der Waals surface area contributed by atoms with E-state index in [0.29, 0.717) is 16.3 Å². The lowest BCUT2D eigenvalue weighted by molar-refractivity contribution is -0.142. The molecule has 0 spiro atoms. The van der Waals surface area contributed by atoms with E-state index in [-0.39, 0.29) is 11.3 Å². The standard InChI is InChI=1S/C15H8F3N3OS/c16-15(17,18)13-7-10(12-4-2-6-23-12)19-14-8-9(20-21(13)14)11-3-1-5-22-11/h1-8H. The van der Waals surface area contributed by atoms with Gasteiger partial charge >= 0.3 is 6.18 Å². The van der Waals surface area contributed by atoms with E-state index in [1.54, 1.807) is 29.6 Å². The lowest BCUT2D eigenvalue weighted by atomic mass is 10.2. The number of nitrogens with zero attached hydrogens (tertiary/aromatic N) is 3. The maximum atomic E-state index is 13.4. The zero-order chi connectivity index (χ0) is 16.0. The average Bonchev–Trinajstić information content (AvgIpc) is 3.24. The highest BCUT2D eigenvalue weighted by molar-refractivity contribution is 7.13. The van der Waals surface area contributed by atoms with Crippen LogP contribution in [-0.4, -0.2) is 14.6 Å². The Morgan fingerprint density at radius 2 is 1.96 bits per heavy atom. The number of alkyl halides is 3. The first-order chi connectivity index (χ1) is 11.0. The molecule has 0 fully saturated rings. The fraction of sp³-hybridized carbons (Fsp3) is 0.0667. The molecule has 0 bridgehead atoms. The highest BCUT2D eigenvalue weighted by atomic mass is 32.1. The fourth-order valence-electron chi connectivity index (χ4n) is 2.27. The Bertz CT molecular complexity index is 956. The van der Waals surface area contributed by atoms with Gasteiger partial charge in [-0.1, -0.05) is 6.07 Å². The van der Waals surface area contributed by atoms with Gasteiger partial charge in [-0.3, -0.25) is 0 Å². The zero-order valence-electron chi connectivity index (χ0n) is 11.4. The van der Waals surface area contributed by atoms with E-state index in [9.17, 15) is 13.2 Å². The predicted octanol–water partition coefficient (Wildman–Crippen LogP) is 4.74. The molecule has 23 heavy (non-hydrogen) atoms. The van der Waals surface area contributed by atoms with Crippen LogP contribution in [0, 0.1) is 0 Å². The Morgan fingerprint density at radius 1 is 1.09 bits per heavy atom. The van der Waals surface area contributed by atoms with Crippen molar-refractivity contribution in [3.8, 4) is 22.0 Å². The summed E-state index contributed by atoms with van der Waals surface area (Å²) < 4.78 is 46.1. The second-order valence-electron chi connectivity index (χ2n) is 4.78. The Balaban J connectivity index is 1.99. The molecule has 4 nitrogen and oxygen atoms in total. The maximum absolute atomic E-state index is 13.4. The van der Waals surface area contributed by atoms with Crippen LogP contribution in [0.15, 0.2) is 52.5 Å². The number of hydrogen-bond donors (Lipinski definition) is 0. The minimum Gasteiger partial charge on any atom is -0.463 e. The third kappa shape index (κ3) is 2.40. The number of halogens is 3. The van der Waals surface area contributed by atoms with Crippen LogP contribution < -0.4 is 0 Å². The number of thiophene rings is 1. The van der Waals surface area contributed by atoms with Gasteiger partial charge in [0.05, 0.1) is 16.8 Å². The molecule has 8 heteroatoms. The van der Waals surface area contributed by atoms with Crippen molar-refractivity contribution in [2.24, 2.45) is 0 Å². The van der Waals surface area contributed by atoms with Gasteiger partial charge in [0.25, 0.3) is 0 Å². The first-order valence-corrected chi connectivity index (χ1v) is 7.46. The zero-order valence-corrected chi connectivity index (χ0v) is 12.2. The number of furan rings is 1. The van der Waals surface area contributed by atoms with E-state index in [4.69, 9.17) is 4.42 Å². The lowest BCUT2D eigenvalue weighted by Crippen LogP contribution is -2.13. The summed E-state index contributed by atoms with van der Waals surface area (Å²) in [4.78, 5) is 4.96. The SMILES string of the molecule is FC(F)(F)c1cc(-c2cccs2)nc2cc(-c3ccco3)nn12. The van der Waals surface area contributed by atoms with Crippen molar-refractivity contribution in [3.05, 3.63) is 53.7 Å². The molecule has 4 aromatic heterocycles. The van der Waals surface area contributed by atoms with Crippen LogP contribution in [0.1, 0.15) is 5.69 Å². The first kappa shape index (κ1) is 14.0. The van der Waals surface area contributed by atoms with Crippen LogP contribution in [0.4, 0.5) is 13.2 Å². The molecule has 0 unspecified atom stereocenters. The molecule has 0 aromatic carbocycles. The lowest BCUT2D eigenvalue weighted by Gasteiger charge is -2.10. The minimum absolute atomic E-state index is 0.120. The molecule has 0 atom stereocenters. The Morgan fingerprint density at radius 3 is 2.61 bits per heavy atom. The van der Waals surface area contributed by atoms with Crippen LogP contribution >= 0.6 is 11.3 Å². The van der Waals surface area contributed by atoms with Crippen molar-refractivity contribution >= 4 is 17.0 Å². The average molecular weight is 335 g/mol. The van der Waals surface area contributed by atoms with Crippen LogP contribution in [0.3, 0.4) is 0 Å². The summed E-state index contributed by atoms with van der Waals surface area (Å²) in [7, 11) is 0. The summed E-state index contributed by atoms with van der Waals surface area (Å²) >= 11 is 1.33. The Kier molecular flexibility index (Phi) is 3.02. The molecule has 0 aliphatic carbocycles. The van der Waals surface area contributed by atoms with E-state index in [2.05, 4.69) is 10.1 Å². The van der Waals surface area contributed by atoms with Gasteiger partial charge in [0.15, 0.2) is 17.1 Å². The van der Waals surface area contributed by atoms with Crippen LogP contribution in [-0.2, 0) is 6.18 Å². The van der Waals surface area contributed by atoms with Gasteiger partial charge < -0.3 is 4.42 Å². The van der Waals surface area contributed by atoms with Crippen molar-refractivity contribution in [1.29, 1.82) is 0 Å². The van der Waals surface area contributed by atoms with Crippen molar-refractivity contribution in [3.63, 3.8) is 0 Å². The molecule has 0 aliphatic heterocycles. The first-order valence-electron chi connectivity index (χ1n) is 6.58. The van der Waals surface area contributed by atoms with Crippen molar-refractivity contribution < 1.29 is 17.6 Å². The summed E-state index contributed by atoms with van der Waals surface area (Å²) in [5.41, 5.74) is -0.180. The van der Waals surface area contributed by atoms with E-state index >= 15 is 0 Å². The topological polar surface area (TPSA) is 43.3 Å². The third-order valence-corrected chi connectivity index (χ3v) is 4.16. The fourth-order valence-corrected chi connectivity index (χ4v) is 2.96. The van der Waals surface area contributed by atoms with Gasteiger partial charge in [-0.25, -0.2) is 9.50 Å². The monoisotopic (exact) mass is 335 g/mol. The quantitative estimate of drug-likeness (QED) is 0.531. The smallest absolute Gasteiger partial charge is 0.433 e. The molecule has 116 valence electrons. The summed E-state index contributed by atoms with van der Waals surface area (Å²) in [5.74, 6) is 0.390. The van der Waals surface area contributed by atoms with Gasteiger partial charge in [0, 0.05) is 6.07 Å². The predicted molar refractivity (Wildman–Crippen MR) is 79.0 cm³/mol. The molecule has 0 saturated heterocycles. The minimum atomic E-state index is -4.54. The van der Waals surface area contributed by atoms with Crippen LogP contribution in [0.5, 0.6) is 0 Å². The second-order valence-corrected chi connectivity index (χ2v) is 5.73. The summed E-state index contributed by atoms with van der Waals surface area (Å²) in [5, 5.41) is 5.78. The third-order valence-electron chi connectivity index (χ3n) is 3.26. The molecule has 0 amide bonds. The summed E-state index contributed by atoms with van der Waals surface area (Å²) in [6, 6.07) is 9.27. The molecular weight excluding hydrogens is 327 g/mol. The van der Waals surface area contributed by atoms with E-state index < -0.39 is 11.9 Å². The number of aromatic nitrogens is 3. The normalized spacial score (nSPS) is 12.1. The van der Waals surface area contributed by atoms with E-state index in [1.807, 2.05) is 0 Å². The molecule has 4 rings (SSSR count). The Labute approximate surface area is 131 Å². The largest absolute Gasteiger partial charge is 0.463 e. The summed E-state index contributed by atoms with van der Waals surface area (Å²) in [6.45, 7) is 0. The number of hydrogen-bond acceptors (Lipinski definition) is 4. The molecule has 0 N–H and O–H groups in total. The van der Waals surface area contributed by atoms with Crippen molar-refractivity contribution in [1.82, 2.24) is 14.6 Å². The van der Waals surface area contributed by atoms with E-state index in [1.165, 1.54) is 23.7 Å². The summed E-state index contributed by atoms with van der Waals surface area (Å²) in [6.07, 6.45) is -3.10. The molecule has 0 aliphatic rings. The van der Waals surface area contributed by atoms with Gasteiger partial charge in [-0.15, -0.1) is 11.3 Å². The van der Waals surface area contributed by atoms with Gasteiger partial charge in [-0.2, -0.15) is 18.3 Å². The number of rotatable bonds is 2. The molecular formula is C15H8F3N3OS. The van der Waals surface area contributed by atoms with Crippen molar-refractivity contribution in [2.45, 2.75) is 6.18 Å². The molecule has 4 heterocycles. The van der Waals surface area contributed by atoms with E-state index in [0.717, 1.165) is 10.6 Å². The molecule has 4 aromatic rings. The van der Waals surface area contributed by atoms with Crippen LogP contribution in [0.25, 0.3) is 27.7 Å².